The van der Waals surface area contributed by atoms with E-state index < -0.39 is 11.8 Å². The summed E-state index contributed by atoms with van der Waals surface area (Å²) in [5.74, 6) is 0.0243. The number of anilines is 1. The van der Waals surface area contributed by atoms with Gasteiger partial charge in [0.15, 0.2) is 5.65 Å². The van der Waals surface area contributed by atoms with Crippen LogP contribution in [0.2, 0.25) is 0 Å². The molecule has 2 aromatic heterocycles. The molecule has 5 rings (SSSR count). The summed E-state index contributed by atoms with van der Waals surface area (Å²) in [5.41, 5.74) is 3.92. The van der Waals surface area contributed by atoms with Gasteiger partial charge in [-0.1, -0.05) is 18.2 Å². The molecule has 0 unspecified atom stereocenters. The molecule has 0 N–H and O–H groups in total. The van der Waals surface area contributed by atoms with Crippen LogP contribution in [0.3, 0.4) is 0 Å². The Morgan fingerprint density at radius 3 is 2.41 bits per heavy atom. The minimum absolute atomic E-state index is 0.243. The number of ether oxygens (including phenoxy) is 2. The fourth-order valence-corrected chi connectivity index (χ4v) is 4.12. The van der Waals surface area contributed by atoms with Crippen molar-refractivity contribution in [3.05, 3.63) is 71.0 Å². The van der Waals surface area contributed by atoms with Crippen molar-refractivity contribution < 1.29 is 19.1 Å². The quantitative estimate of drug-likeness (QED) is 0.459. The molecule has 160 valence electrons. The van der Waals surface area contributed by atoms with Crippen LogP contribution >= 0.6 is 0 Å². The monoisotopic (exact) mass is 428 g/mol. The summed E-state index contributed by atoms with van der Waals surface area (Å²) < 4.78 is 12.4. The lowest BCUT2D eigenvalue weighted by atomic mass is 10.1. The van der Waals surface area contributed by atoms with Gasteiger partial charge in [0.05, 0.1) is 47.8 Å². The Bertz CT molecular complexity index is 1420. The van der Waals surface area contributed by atoms with E-state index >= 15 is 0 Å². The average Bonchev–Trinajstić information content (AvgIpc) is 3.27. The van der Waals surface area contributed by atoms with Crippen molar-refractivity contribution >= 4 is 28.5 Å². The summed E-state index contributed by atoms with van der Waals surface area (Å²) in [4.78, 5) is 32.5. The van der Waals surface area contributed by atoms with E-state index in [2.05, 4.69) is 10.1 Å². The first kappa shape index (κ1) is 19.7. The van der Waals surface area contributed by atoms with E-state index in [-0.39, 0.29) is 5.56 Å². The van der Waals surface area contributed by atoms with Crippen LogP contribution in [0, 0.1) is 13.8 Å². The Morgan fingerprint density at radius 2 is 1.69 bits per heavy atom. The first-order valence-electron chi connectivity index (χ1n) is 10.0. The summed E-state index contributed by atoms with van der Waals surface area (Å²) in [6, 6.07) is 12.7. The van der Waals surface area contributed by atoms with E-state index in [4.69, 9.17) is 9.47 Å². The van der Waals surface area contributed by atoms with Gasteiger partial charge in [-0.25, -0.2) is 14.6 Å². The van der Waals surface area contributed by atoms with Gasteiger partial charge in [0, 0.05) is 12.3 Å². The van der Waals surface area contributed by atoms with Crippen molar-refractivity contribution in [1.82, 2.24) is 14.8 Å². The zero-order valence-electron chi connectivity index (χ0n) is 18.0. The number of rotatable bonds is 4. The van der Waals surface area contributed by atoms with Gasteiger partial charge in [0.2, 0.25) is 0 Å². The van der Waals surface area contributed by atoms with E-state index in [1.807, 2.05) is 38.1 Å². The smallest absolute Gasteiger partial charge is 0.267 e. The first-order chi connectivity index (χ1) is 15.5. The van der Waals surface area contributed by atoms with Crippen LogP contribution in [0.15, 0.2) is 48.7 Å². The summed E-state index contributed by atoms with van der Waals surface area (Å²) >= 11 is 0. The highest BCUT2D eigenvalue weighted by molar-refractivity contribution is 6.37. The zero-order chi connectivity index (χ0) is 22.6. The molecule has 0 spiro atoms. The predicted octanol–water partition coefficient (Wildman–Crippen LogP) is 3.86. The molecular formula is C24H20N4O4. The molecule has 0 saturated carbocycles. The van der Waals surface area contributed by atoms with Crippen molar-refractivity contribution in [3.63, 3.8) is 0 Å². The lowest BCUT2D eigenvalue weighted by molar-refractivity contribution is 0.0925. The van der Waals surface area contributed by atoms with Gasteiger partial charge in [-0.2, -0.15) is 5.10 Å². The summed E-state index contributed by atoms with van der Waals surface area (Å²) in [5, 5.41) is 5.21. The topological polar surface area (TPSA) is 86.5 Å². The highest BCUT2D eigenvalue weighted by Crippen LogP contribution is 2.39. The molecule has 0 radical (unpaired) electrons. The van der Waals surface area contributed by atoms with Crippen LogP contribution in [0.25, 0.3) is 16.7 Å². The van der Waals surface area contributed by atoms with Gasteiger partial charge in [0.25, 0.3) is 11.8 Å². The highest BCUT2D eigenvalue weighted by atomic mass is 16.5. The Kier molecular flexibility index (Phi) is 4.44. The molecule has 2 aromatic carbocycles. The summed E-state index contributed by atoms with van der Waals surface area (Å²) in [6.07, 6.45) is 1.45. The maximum Gasteiger partial charge on any atom is 0.267 e. The Hall–Kier alpha value is -4.20. The van der Waals surface area contributed by atoms with Gasteiger partial charge in [-0.3, -0.25) is 9.59 Å². The number of carbonyl (C=O) groups excluding carboxylic acids is 2. The molecule has 0 atom stereocenters. The van der Waals surface area contributed by atoms with Crippen LogP contribution < -0.4 is 14.4 Å². The number of imide groups is 1. The second kappa shape index (κ2) is 7.19. The van der Waals surface area contributed by atoms with Crippen molar-refractivity contribution in [2.75, 3.05) is 19.1 Å². The number of methoxy groups -OCH3 is 2. The second-order valence-corrected chi connectivity index (χ2v) is 7.51. The molecule has 0 aliphatic carbocycles. The third-order valence-corrected chi connectivity index (χ3v) is 5.69. The molecule has 8 heteroatoms. The first-order valence-corrected chi connectivity index (χ1v) is 10.0. The van der Waals surface area contributed by atoms with E-state index in [1.165, 1.54) is 20.4 Å². The molecule has 32 heavy (non-hydrogen) atoms. The molecule has 1 aliphatic heterocycles. The molecule has 2 amide bonds. The SMILES string of the molecule is COc1ccc(N2C(=O)c3cnc4c(c(C)nn4-c4ccccc4C)c3C2=O)c(OC)c1. The van der Waals surface area contributed by atoms with Gasteiger partial charge < -0.3 is 9.47 Å². The lowest BCUT2D eigenvalue weighted by Crippen LogP contribution is -2.29. The number of benzene rings is 2. The summed E-state index contributed by atoms with van der Waals surface area (Å²) in [7, 11) is 3.01. The average molecular weight is 428 g/mol. The molecule has 3 heterocycles. The normalized spacial score (nSPS) is 13.1. The minimum atomic E-state index is -0.453. The molecule has 0 saturated heterocycles. The number of fused-ring (bicyclic) bond motifs is 3. The number of para-hydroxylation sites is 1. The second-order valence-electron chi connectivity index (χ2n) is 7.51. The fourth-order valence-electron chi connectivity index (χ4n) is 4.12. The van der Waals surface area contributed by atoms with E-state index in [0.717, 1.165) is 16.2 Å². The number of aromatic nitrogens is 3. The maximum absolute atomic E-state index is 13.6. The lowest BCUT2D eigenvalue weighted by Gasteiger charge is -2.18. The third-order valence-electron chi connectivity index (χ3n) is 5.69. The fraction of sp³-hybridized carbons (Fsp3) is 0.167. The van der Waals surface area contributed by atoms with Crippen LogP contribution in [-0.4, -0.2) is 40.8 Å². The highest BCUT2D eigenvalue weighted by Gasteiger charge is 2.41. The largest absolute Gasteiger partial charge is 0.497 e. The van der Waals surface area contributed by atoms with Crippen LogP contribution in [0.5, 0.6) is 11.5 Å². The standard InChI is InChI=1S/C24H20N4O4/c1-13-7-5-6-8-17(13)28-22-20(14(2)26-28)21-16(12-25-22)23(29)27(24(21)30)18-10-9-15(31-3)11-19(18)32-4/h5-12H,1-4H3. The number of pyridine rings is 1. The van der Waals surface area contributed by atoms with Crippen molar-refractivity contribution in [2.45, 2.75) is 13.8 Å². The predicted molar refractivity (Wildman–Crippen MR) is 119 cm³/mol. The number of amides is 2. The number of hydrogen-bond acceptors (Lipinski definition) is 6. The van der Waals surface area contributed by atoms with Gasteiger partial charge >= 0.3 is 0 Å². The number of nitrogens with zero attached hydrogens (tertiary/aromatic N) is 4. The van der Waals surface area contributed by atoms with Crippen LogP contribution in [0.4, 0.5) is 5.69 Å². The molecule has 8 nitrogen and oxygen atoms in total. The molecule has 1 aliphatic rings. The zero-order valence-corrected chi connectivity index (χ0v) is 18.0. The van der Waals surface area contributed by atoms with Crippen molar-refractivity contribution in [3.8, 4) is 17.2 Å². The number of hydrogen-bond donors (Lipinski definition) is 0. The molecular weight excluding hydrogens is 408 g/mol. The van der Waals surface area contributed by atoms with Gasteiger partial charge in [-0.05, 0) is 37.6 Å². The van der Waals surface area contributed by atoms with Crippen LogP contribution in [-0.2, 0) is 0 Å². The number of aryl methyl sites for hydroxylation is 2. The summed E-state index contributed by atoms with van der Waals surface area (Å²) in [6.45, 7) is 3.80. The maximum atomic E-state index is 13.6. The molecule has 4 aromatic rings. The Morgan fingerprint density at radius 1 is 0.906 bits per heavy atom. The molecule has 0 bridgehead atoms. The minimum Gasteiger partial charge on any atom is -0.497 e. The van der Waals surface area contributed by atoms with Crippen molar-refractivity contribution in [2.24, 2.45) is 0 Å². The van der Waals surface area contributed by atoms with Crippen LogP contribution in [0.1, 0.15) is 32.0 Å². The number of carbonyl (C=O) groups is 2. The third kappa shape index (κ3) is 2.69. The van der Waals surface area contributed by atoms with E-state index in [1.54, 1.807) is 22.9 Å². The van der Waals surface area contributed by atoms with Gasteiger partial charge in [-0.15, -0.1) is 0 Å². The van der Waals surface area contributed by atoms with Crippen molar-refractivity contribution in [1.29, 1.82) is 0 Å². The Balaban J connectivity index is 1.70. The van der Waals surface area contributed by atoms with Gasteiger partial charge in [0.1, 0.15) is 11.5 Å². The van der Waals surface area contributed by atoms with E-state index in [0.29, 0.717) is 39.5 Å². The Labute approximate surface area is 184 Å². The van der Waals surface area contributed by atoms with E-state index in [9.17, 15) is 9.59 Å². The molecule has 0 fully saturated rings.